The Kier molecular flexibility index (Phi) is 3.14. The molecule has 4 heteroatoms. The van der Waals surface area contributed by atoms with Gasteiger partial charge >= 0.3 is 0 Å². The van der Waals surface area contributed by atoms with Crippen LogP contribution in [0.25, 0.3) is 22.1 Å². The SMILES string of the molecule is c1ccc2ocnc2c1.c1cnc2ncccc2c1. The molecule has 0 aliphatic carbocycles. The minimum Gasteiger partial charge on any atom is -0.443 e. The van der Waals surface area contributed by atoms with E-state index in [9.17, 15) is 0 Å². The third-order valence-corrected chi connectivity index (χ3v) is 2.61. The first-order chi connectivity index (χ1) is 9.43. The largest absolute Gasteiger partial charge is 0.443 e. The normalized spacial score (nSPS) is 10.1. The minimum absolute atomic E-state index is 0.810. The van der Waals surface area contributed by atoms with Crippen LogP contribution in [0.4, 0.5) is 0 Å². The summed E-state index contributed by atoms with van der Waals surface area (Å²) in [6.45, 7) is 0. The van der Waals surface area contributed by atoms with Crippen LogP contribution in [0.5, 0.6) is 0 Å². The number of fused-ring (bicyclic) bond motifs is 2. The second-order valence-corrected chi connectivity index (χ2v) is 3.87. The summed E-state index contributed by atoms with van der Waals surface area (Å²) in [4.78, 5) is 12.1. The summed E-state index contributed by atoms with van der Waals surface area (Å²) >= 11 is 0. The lowest BCUT2D eigenvalue weighted by Crippen LogP contribution is -1.78. The van der Waals surface area contributed by atoms with Crippen LogP contribution in [0.3, 0.4) is 0 Å². The fourth-order valence-electron chi connectivity index (χ4n) is 1.71. The Morgan fingerprint density at radius 1 is 0.737 bits per heavy atom. The van der Waals surface area contributed by atoms with E-state index in [0.29, 0.717) is 0 Å². The van der Waals surface area contributed by atoms with E-state index >= 15 is 0 Å². The molecule has 0 amide bonds. The molecule has 3 heterocycles. The fraction of sp³-hybridized carbons (Fsp3) is 0. The topological polar surface area (TPSA) is 51.8 Å². The lowest BCUT2D eigenvalue weighted by atomic mass is 10.3. The van der Waals surface area contributed by atoms with E-state index in [1.807, 2.05) is 48.5 Å². The Bertz CT molecular complexity index is 699. The second-order valence-electron chi connectivity index (χ2n) is 3.87. The maximum atomic E-state index is 5.01. The van der Waals surface area contributed by atoms with Gasteiger partial charge < -0.3 is 4.42 Å². The van der Waals surface area contributed by atoms with Crippen molar-refractivity contribution in [2.75, 3.05) is 0 Å². The maximum Gasteiger partial charge on any atom is 0.181 e. The molecule has 0 atom stereocenters. The first kappa shape index (κ1) is 11.3. The number of rotatable bonds is 0. The molecule has 0 saturated carbocycles. The number of pyridine rings is 2. The molecule has 4 aromatic rings. The molecule has 0 unspecified atom stereocenters. The summed E-state index contributed by atoms with van der Waals surface area (Å²) in [5.74, 6) is 0. The number of hydrogen-bond acceptors (Lipinski definition) is 4. The van der Waals surface area contributed by atoms with E-state index in [4.69, 9.17) is 4.42 Å². The monoisotopic (exact) mass is 249 g/mol. The molecule has 92 valence electrons. The number of nitrogens with zero attached hydrogens (tertiary/aromatic N) is 3. The minimum atomic E-state index is 0.810. The van der Waals surface area contributed by atoms with E-state index < -0.39 is 0 Å². The van der Waals surface area contributed by atoms with Gasteiger partial charge in [-0.2, -0.15) is 0 Å². The Balaban J connectivity index is 0.000000117. The molecule has 0 saturated heterocycles. The standard InChI is InChI=1S/C8H6N2.C7H5NO/c1-3-7-4-2-6-10-8(7)9-5-1;1-2-4-7-6(3-1)8-5-9-7/h1-6H;1-5H. The van der Waals surface area contributed by atoms with E-state index in [1.54, 1.807) is 12.4 Å². The zero-order chi connectivity index (χ0) is 12.9. The highest BCUT2D eigenvalue weighted by molar-refractivity contribution is 5.73. The van der Waals surface area contributed by atoms with Gasteiger partial charge in [-0.05, 0) is 36.4 Å². The highest BCUT2D eigenvalue weighted by Crippen LogP contribution is 2.09. The Hall–Kier alpha value is -2.75. The van der Waals surface area contributed by atoms with Gasteiger partial charge in [-0.25, -0.2) is 15.0 Å². The molecule has 1 aromatic carbocycles. The summed E-state index contributed by atoms with van der Waals surface area (Å²) in [6, 6.07) is 15.5. The van der Waals surface area contributed by atoms with Crippen LogP contribution >= 0.6 is 0 Å². The van der Waals surface area contributed by atoms with Crippen molar-refractivity contribution in [3.8, 4) is 0 Å². The molecule has 0 fully saturated rings. The van der Waals surface area contributed by atoms with E-state index in [1.165, 1.54) is 6.39 Å². The van der Waals surface area contributed by atoms with Gasteiger partial charge in [0, 0.05) is 17.8 Å². The average Bonchev–Trinajstić information content (AvgIpc) is 2.96. The number of aromatic nitrogens is 3. The number of para-hydroxylation sites is 2. The molecule has 3 aromatic heterocycles. The van der Waals surface area contributed by atoms with Crippen molar-refractivity contribution >= 4 is 22.1 Å². The van der Waals surface area contributed by atoms with Gasteiger partial charge in [0.1, 0.15) is 5.52 Å². The summed E-state index contributed by atoms with van der Waals surface area (Å²) in [6.07, 6.45) is 4.94. The zero-order valence-electron chi connectivity index (χ0n) is 10.1. The number of oxazole rings is 1. The van der Waals surface area contributed by atoms with Crippen molar-refractivity contribution in [3.05, 3.63) is 67.3 Å². The van der Waals surface area contributed by atoms with Crippen molar-refractivity contribution in [3.63, 3.8) is 0 Å². The van der Waals surface area contributed by atoms with E-state index in [0.717, 1.165) is 22.1 Å². The van der Waals surface area contributed by atoms with Crippen LogP contribution < -0.4 is 0 Å². The van der Waals surface area contributed by atoms with Crippen molar-refractivity contribution in [1.82, 2.24) is 15.0 Å². The average molecular weight is 249 g/mol. The van der Waals surface area contributed by atoms with Gasteiger partial charge in [0.15, 0.2) is 17.6 Å². The Morgan fingerprint density at radius 3 is 2.16 bits per heavy atom. The van der Waals surface area contributed by atoms with Crippen molar-refractivity contribution < 1.29 is 4.42 Å². The molecule has 0 radical (unpaired) electrons. The van der Waals surface area contributed by atoms with E-state index in [-0.39, 0.29) is 0 Å². The summed E-state index contributed by atoms with van der Waals surface area (Å²) < 4.78 is 5.01. The highest BCUT2D eigenvalue weighted by Gasteiger charge is 1.91. The van der Waals surface area contributed by atoms with Gasteiger partial charge in [0.05, 0.1) is 0 Å². The first-order valence-corrected chi connectivity index (χ1v) is 5.87. The molecular weight excluding hydrogens is 238 g/mol. The molecule has 0 aliphatic rings. The summed E-state index contributed by atoms with van der Waals surface area (Å²) in [5, 5.41) is 1.09. The first-order valence-electron chi connectivity index (χ1n) is 5.87. The van der Waals surface area contributed by atoms with Crippen LogP contribution in [0.2, 0.25) is 0 Å². The maximum absolute atomic E-state index is 5.01. The van der Waals surface area contributed by atoms with Crippen molar-refractivity contribution in [2.24, 2.45) is 0 Å². The molecule has 4 rings (SSSR count). The van der Waals surface area contributed by atoms with Crippen LogP contribution in [0.15, 0.2) is 71.7 Å². The number of hydrogen-bond donors (Lipinski definition) is 0. The lowest BCUT2D eigenvalue weighted by Gasteiger charge is -1.90. The van der Waals surface area contributed by atoms with Gasteiger partial charge in [0.25, 0.3) is 0 Å². The molecule has 0 bridgehead atoms. The van der Waals surface area contributed by atoms with Crippen LogP contribution in [0, 0.1) is 0 Å². The fourth-order valence-corrected chi connectivity index (χ4v) is 1.71. The van der Waals surface area contributed by atoms with Crippen molar-refractivity contribution in [1.29, 1.82) is 0 Å². The number of benzene rings is 1. The van der Waals surface area contributed by atoms with Crippen LogP contribution in [-0.4, -0.2) is 15.0 Å². The smallest absolute Gasteiger partial charge is 0.181 e. The molecule has 19 heavy (non-hydrogen) atoms. The van der Waals surface area contributed by atoms with Gasteiger partial charge in [0.2, 0.25) is 0 Å². The highest BCUT2D eigenvalue weighted by atomic mass is 16.3. The predicted octanol–water partition coefficient (Wildman–Crippen LogP) is 3.46. The molecular formula is C15H11N3O. The third kappa shape index (κ3) is 2.57. The van der Waals surface area contributed by atoms with E-state index in [2.05, 4.69) is 15.0 Å². The molecule has 0 N–H and O–H groups in total. The summed E-state index contributed by atoms with van der Waals surface area (Å²) in [5.41, 5.74) is 2.57. The zero-order valence-corrected chi connectivity index (χ0v) is 10.1. The molecule has 0 aliphatic heterocycles. The van der Waals surface area contributed by atoms with Crippen molar-refractivity contribution in [2.45, 2.75) is 0 Å². The molecule has 0 spiro atoms. The van der Waals surface area contributed by atoms with Gasteiger partial charge in [-0.15, -0.1) is 0 Å². The van der Waals surface area contributed by atoms with Crippen LogP contribution in [-0.2, 0) is 0 Å². The van der Waals surface area contributed by atoms with Gasteiger partial charge in [-0.1, -0.05) is 12.1 Å². The predicted molar refractivity (Wildman–Crippen MR) is 73.5 cm³/mol. The Morgan fingerprint density at radius 2 is 1.47 bits per heavy atom. The quantitative estimate of drug-likeness (QED) is 0.479. The molecule has 4 nitrogen and oxygen atoms in total. The second kappa shape index (κ2) is 5.27. The third-order valence-electron chi connectivity index (χ3n) is 2.61. The van der Waals surface area contributed by atoms with Crippen LogP contribution in [0.1, 0.15) is 0 Å². The summed E-state index contributed by atoms with van der Waals surface area (Å²) in [7, 11) is 0. The lowest BCUT2D eigenvalue weighted by molar-refractivity contribution is 0.602. The Labute approximate surface area is 109 Å². The van der Waals surface area contributed by atoms with Gasteiger partial charge in [-0.3, -0.25) is 0 Å².